The molecule has 0 aliphatic heterocycles. The van der Waals surface area contributed by atoms with Crippen molar-refractivity contribution in [2.75, 3.05) is 7.11 Å². The van der Waals surface area contributed by atoms with E-state index in [9.17, 15) is 14.0 Å². The van der Waals surface area contributed by atoms with Gasteiger partial charge in [0.2, 0.25) is 5.91 Å². The van der Waals surface area contributed by atoms with Gasteiger partial charge in [0.05, 0.1) is 7.11 Å². The van der Waals surface area contributed by atoms with Crippen LogP contribution in [-0.2, 0) is 11.3 Å². The number of hydrogen-bond acceptors (Lipinski definition) is 3. The largest absolute Gasteiger partial charge is 0.494 e. The van der Waals surface area contributed by atoms with Crippen molar-refractivity contribution in [1.29, 1.82) is 0 Å². The van der Waals surface area contributed by atoms with Crippen molar-refractivity contribution < 1.29 is 18.7 Å². The Morgan fingerprint density at radius 1 is 1.17 bits per heavy atom. The third kappa shape index (κ3) is 4.55. The minimum absolute atomic E-state index is 0.0557. The SMILES string of the molecule is COc1ccc(C(=O)NC(C)C(=O)NCc2ccccc2)cc1F. The summed E-state index contributed by atoms with van der Waals surface area (Å²) in [6, 6.07) is 12.6. The summed E-state index contributed by atoms with van der Waals surface area (Å²) in [4.78, 5) is 24.1. The minimum atomic E-state index is -0.744. The lowest BCUT2D eigenvalue weighted by molar-refractivity contribution is -0.122. The number of rotatable bonds is 6. The van der Waals surface area contributed by atoms with Crippen LogP contribution in [0.2, 0.25) is 0 Å². The zero-order valence-corrected chi connectivity index (χ0v) is 13.5. The smallest absolute Gasteiger partial charge is 0.252 e. The van der Waals surface area contributed by atoms with E-state index in [2.05, 4.69) is 10.6 Å². The van der Waals surface area contributed by atoms with E-state index >= 15 is 0 Å². The van der Waals surface area contributed by atoms with Crippen molar-refractivity contribution in [3.05, 3.63) is 65.5 Å². The summed E-state index contributed by atoms with van der Waals surface area (Å²) >= 11 is 0. The van der Waals surface area contributed by atoms with Crippen LogP contribution in [0.3, 0.4) is 0 Å². The molecule has 0 bridgehead atoms. The van der Waals surface area contributed by atoms with Crippen LogP contribution < -0.4 is 15.4 Å². The molecule has 2 aromatic rings. The Labute approximate surface area is 139 Å². The maximum Gasteiger partial charge on any atom is 0.252 e. The van der Waals surface area contributed by atoms with Crippen LogP contribution in [0, 0.1) is 5.82 Å². The second kappa shape index (κ2) is 8.10. The second-order valence-corrected chi connectivity index (χ2v) is 5.25. The monoisotopic (exact) mass is 330 g/mol. The van der Waals surface area contributed by atoms with Crippen molar-refractivity contribution in [3.63, 3.8) is 0 Å². The average molecular weight is 330 g/mol. The molecule has 2 N–H and O–H groups in total. The Hall–Kier alpha value is -2.89. The van der Waals surface area contributed by atoms with Crippen LogP contribution in [-0.4, -0.2) is 25.0 Å². The summed E-state index contributed by atoms with van der Waals surface area (Å²) in [5.74, 6) is -1.42. The van der Waals surface area contributed by atoms with Crippen molar-refractivity contribution in [2.24, 2.45) is 0 Å². The van der Waals surface area contributed by atoms with Gasteiger partial charge in [-0.15, -0.1) is 0 Å². The highest BCUT2D eigenvalue weighted by atomic mass is 19.1. The molecule has 2 rings (SSSR count). The number of methoxy groups -OCH3 is 1. The topological polar surface area (TPSA) is 67.4 Å². The first kappa shape index (κ1) is 17.5. The Morgan fingerprint density at radius 3 is 2.50 bits per heavy atom. The maximum atomic E-state index is 13.6. The van der Waals surface area contributed by atoms with Crippen LogP contribution in [0.1, 0.15) is 22.8 Å². The van der Waals surface area contributed by atoms with Gasteiger partial charge in [-0.05, 0) is 30.7 Å². The fraction of sp³-hybridized carbons (Fsp3) is 0.222. The van der Waals surface area contributed by atoms with E-state index in [1.807, 2.05) is 30.3 Å². The van der Waals surface area contributed by atoms with Gasteiger partial charge in [0.1, 0.15) is 6.04 Å². The zero-order valence-electron chi connectivity index (χ0n) is 13.5. The van der Waals surface area contributed by atoms with Crippen molar-refractivity contribution in [3.8, 4) is 5.75 Å². The lowest BCUT2D eigenvalue weighted by atomic mass is 10.1. The van der Waals surface area contributed by atoms with E-state index in [-0.39, 0.29) is 17.2 Å². The zero-order chi connectivity index (χ0) is 17.5. The molecular weight excluding hydrogens is 311 g/mol. The Morgan fingerprint density at radius 2 is 1.88 bits per heavy atom. The number of ether oxygens (including phenoxy) is 1. The maximum absolute atomic E-state index is 13.6. The highest BCUT2D eigenvalue weighted by Crippen LogP contribution is 2.17. The van der Waals surface area contributed by atoms with Gasteiger partial charge in [-0.1, -0.05) is 30.3 Å². The highest BCUT2D eigenvalue weighted by molar-refractivity contribution is 5.97. The average Bonchev–Trinajstić information content (AvgIpc) is 2.60. The molecule has 1 atom stereocenters. The molecule has 0 aliphatic carbocycles. The van der Waals surface area contributed by atoms with Gasteiger partial charge in [-0.2, -0.15) is 0 Å². The molecule has 0 saturated carbocycles. The number of hydrogen-bond donors (Lipinski definition) is 2. The molecule has 0 aromatic heterocycles. The van der Waals surface area contributed by atoms with Crippen LogP contribution in [0.25, 0.3) is 0 Å². The predicted octanol–water partition coefficient (Wildman–Crippen LogP) is 2.27. The first-order chi connectivity index (χ1) is 11.5. The number of carbonyl (C=O) groups excluding carboxylic acids is 2. The molecule has 0 saturated heterocycles. The first-order valence-corrected chi connectivity index (χ1v) is 7.47. The van der Waals surface area contributed by atoms with Gasteiger partial charge in [0.25, 0.3) is 5.91 Å². The third-order valence-corrected chi connectivity index (χ3v) is 3.46. The van der Waals surface area contributed by atoms with E-state index < -0.39 is 17.8 Å². The number of nitrogens with one attached hydrogen (secondary N) is 2. The molecule has 0 radical (unpaired) electrons. The lowest BCUT2D eigenvalue weighted by Crippen LogP contribution is -2.44. The van der Waals surface area contributed by atoms with Gasteiger partial charge in [-0.25, -0.2) is 4.39 Å². The van der Waals surface area contributed by atoms with Gasteiger partial charge in [-0.3, -0.25) is 9.59 Å². The van der Waals surface area contributed by atoms with Crippen LogP contribution in [0.4, 0.5) is 4.39 Å². The number of halogens is 1. The molecule has 0 heterocycles. The van der Waals surface area contributed by atoms with E-state index in [0.29, 0.717) is 6.54 Å². The summed E-state index contributed by atoms with van der Waals surface area (Å²) < 4.78 is 18.4. The van der Waals surface area contributed by atoms with Gasteiger partial charge >= 0.3 is 0 Å². The fourth-order valence-corrected chi connectivity index (χ4v) is 2.09. The van der Waals surface area contributed by atoms with Gasteiger partial charge in [0.15, 0.2) is 11.6 Å². The number of benzene rings is 2. The fourth-order valence-electron chi connectivity index (χ4n) is 2.09. The van der Waals surface area contributed by atoms with E-state index in [1.165, 1.54) is 19.2 Å². The molecule has 24 heavy (non-hydrogen) atoms. The van der Waals surface area contributed by atoms with Crippen molar-refractivity contribution in [2.45, 2.75) is 19.5 Å². The van der Waals surface area contributed by atoms with Crippen LogP contribution in [0.15, 0.2) is 48.5 Å². The number of carbonyl (C=O) groups is 2. The molecule has 2 amide bonds. The van der Waals surface area contributed by atoms with E-state index in [0.717, 1.165) is 11.6 Å². The Balaban J connectivity index is 1.90. The molecular formula is C18H19FN2O3. The van der Waals surface area contributed by atoms with Crippen molar-refractivity contribution >= 4 is 11.8 Å². The lowest BCUT2D eigenvalue weighted by Gasteiger charge is -2.14. The summed E-state index contributed by atoms with van der Waals surface area (Å²) in [5.41, 5.74) is 1.08. The summed E-state index contributed by atoms with van der Waals surface area (Å²) in [7, 11) is 1.34. The molecule has 5 nitrogen and oxygen atoms in total. The minimum Gasteiger partial charge on any atom is -0.494 e. The van der Waals surface area contributed by atoms with Crippen LogP contribution >= 0.6 is 0 Å². The first-order valence-electron chi connectivity index (χ1n) is 7.47. The number of amides is 2. The molecule has 6 heteroatoms. The summed E-state index contributed by atoms with van der Waals surface area (Å²) in [5, 5.41) is 5.28. The van der Waals surface area contributed by atoms with Gasteiger partial charge < -0.3 is 15.4 Å². The Bertz CT molecular complexity index is 719. The molecule has 0 fully saturated rings. The normalized spacial score (nSPS) is 11.5. The summed E-state index contributed by atoms with van der Waals surface area (Å²) in [6.45, 7) is 1.94. The highest BCUT2D eigenvalue weighted by Gasteiger charge is 2.17. The van der Waals surface area contributed by atoms with Gasteiger partial charge in [0, 0.05) is 12.1 Å². The second-order valence-electron chi connectivity index (χ2n) is 5.25. The molecule has 0 spiro atoms. The van der Waals surface area contributed by atoms with E-state index in [1.54, 1.807) is 6.92 Å². The van der Waals surface area contributed by atoms with Crippen molar-refractivity contribution in [1.82, 2.24) is 10.6 Å². The molecule has 2 aromatic carbocycles. The quantitative estimate of drug-likeness (QED) is 0.854. The predicted molar refractivity (Wildman–Crippen MR) is 88.2 cm³/mol. The van der Waals surface area contributed by atoms with Crippen LogP contribution in [0.5, 0.6) is 5.75 Å². The molecule has 1 unspecified atom stereocenters. The Kier molecular flexibility index (Phi) is 5.89. The third-order valence-electron chi connectivity index (χ3n) is 3.46. The molecule has 0 aliphatic rings. The summed E-state index contributed by atoms with van der Waals surface area (Å²) in [6.07, 6.45) is 0. The standard InChI is InChI=1S/C18H19FN2O3/c1-12(17(22)20-11-13-6-4-3-5-7-13)21-18(23)14-8-9-16(24-2)15(19)10-14/h3-10,12H,11H2,1-2H3,(H,20,22)(H,21,23). The molecule has 126 valence electrons. The van der Waals surface area contributed by atoms with E-state index in [4.69, 9.17) is 4.74 Å².